The lowest BCUT2D eigenvalue weighted by molar-refractivity contribution is -0.149. The van der Waals surface area contributed by atoms with Crippen molar-refractivity contribution >= 4 is 33.2 Å². The Kier molecular flexibility index (Phi) is 4.94. The number of nitrogens with zero attached hydrogens (tertiary/aromatic N) is 2. The molecule has 1 saturated heterocycles. The van der Waals surface area contributed by atoms with Crippen LogP contribution in [0.2, 0.25) is 0 Å². The van der Waals surface area contributed by atoms with Gasteiger partial charge in [0.25, 0.3) is 0 Å². The predicted molar refractivity (Wildman–Crippen MR) is 76.1 cm³/mol. The van der Waals surface area contributed by atoms with Crippen molar-refractivity contribution in [1.82, 2.24) is 9.88 Å². The lowest BCUT2D eigenvalue weighted by Crippen LogP contribution is -2.35. The maximum atomic E-state index is 12.2. The Hall–Kier alpha value is -0.500. The van der Waals surface area contributed by atoms with E-state index in [0.717, 1.165) is 14.5 Å². The summed E-state index contributed by atoms with van der Waals surface area (Å²) in [5.74, 6) is -0.294. The second kappa shape index (κ2) is 6.30. The van der Waals surface area contributed by atoms with Crippen LogP contribution in [0.1, 0.15) is 30.0 Å². The molecule has 0 saturated carbocycles. The number of aliphatic hydroxyl groups is 1. The van der Waals surface area contributed by atoms with E-state index in [1.165, 1.54) is 11.3 Å². The van der Waals surface area contributed by atoms with E-state index in [1.807, 2.05) is 11.8 Å². The minimum Gasteiger partial charge on any atom is -0.465 e. The summed E-state index contributed by atoms with van der Waals surface area (Å²) in [6.07, 6.45) is 0.305. The van der Waals surface area contributed by atoms with Crippen molar-refractivity contribution in [2.45, 2.75) is 32.4 Å². The molecule has 1 aromatic heterocycles. The molecule has 2 unspecified atom stereocenters. The summed E-state index contributed by atoms with van der Waals surface area (Å²) < 4.78 is 5.92. The highest BCUT2D eigenvalue weighted by atomic mass is 79.9. The van der Waals surface area contributed by atoms with Gasteiger partial charge < -0.3 is 9.84 Å². The largest absolute Gasteiger partial charge is 0.465 e. The first-order chi connectivity index (χ1) is 9.02. The van der Waals surface area contributed by atoms with E-state index in [0.29, 0.717) is 26.1 Å². The van der Waals surface area contributed by atoms with E-state index < -0.39 is 6.04 Å². The summed E-state index contributed by atoms with van der Waals surface area (Å²) in [6, 6.07) is -0.514. The number of halogens is 1. The van der Waals surface area contributed by atoms with E-state index in [-0.39, 0.29) is 12.1 Å². The molecule has 0 radical (unpaired) electrons. The number of ether oxygens (including phenoxy) is 1. The van der Waals surface area contributed by atoms with Crippen LogP contribution in [0.5, 0.6) is 0 Å². The van der Waals surface area contributed by atoms with Crippen LogP contribution in [0.25, 0.3) is 0 Å². The maximum Gasteiger partial charge on any atom is 0.329 e. The maximum absolute atomic E-state index is 12.2. The fourth-order valence-corrected chi connectivity index (χ4v) is 3.86. The molecule has 7 heteroatoms. The fraction of sp³-hybridized carbons (Fsp3) is 0.667. The number of hydrogen-bond acceptors (Lipinski definition) is 6. The highest BCUT2D eigenvalue weighted by Gasteiger charge is 2.36. The van der Waals surface area contributed by atoms with Crippen molar-refractivity contribution in [3.05, 3.63) is 14.5 Å². The molecule has 0 aromatic carbocycles. The topological polar surface area (TPSA) is 62.7 Å². The Bertz CT molecular complexity index is 466. The fourth-order valence-electron chi connectivity index (χ4n) is 2.29. The van der Waals surface area contributed by atoms with Crippen LogP contribution in [0.15, 0.2) is 3.92 Å². The van der Waals surface area contributed by atoms with E-state index in [2.05, 4.69) is 20.9 Å². The van der Waals surface area contributed by atoms with E-state index in [9.17, 15) is 9.90 Å². The molecular formula is C12H17BrN2O3S. The van der Waals surface area contributed by atoms with Crippen molar-refractivity contribution in [3.8, 4) is 0 Å². The Labute approximate surface area is 124 Å². The van der Waals surface area contributed by atoms with Gasteiger partial charge in [-0.15, -0.1) is 11.3 Å². The molecule has 0 spiro atoms. The van der Waals surface area contributed by atoms with Gasteiger partial charge >= 0.3 is 5.97 Å². The van der Waals surface area contributed by atoms with Crippen molar-refractivity contribution in [1.29, 1.82) is 0 Å². The van der Waals surface area contributed by atoms with Gasteiger partial charge in [0.2, 0.25) is 0 Å². The van der Waals surface area contributed by atoms with Crippen molar-refractivity contribution in [2.75, 3.05) is 19.7 Å². The predicted octanol–water partition coefficient (Wildman–Crippen LogP) is 1.88. The second-order valence-electron chi connectivity index (χ2n) is 4.50. The Morgan fingerprint density at radius 3 is 2.95 bits per heavy atom. The summed E-state index contributed by atoms with van der Waals surface area (Å²) in [4.78, 5) is 19.5. The Balaban J connectivity index is 2.28. The summed E-state index contributed by atoms with van der Waals surface area (Å²) in [6.45, 7) is 5.24. The number of aryl methyl sites for hydroxylation is 1. The Morgan fingerprint density at radius 2 is 2.47 bits per heavy atom. The van der Waals surface area contributed by atoms with Crippen LogP contribution >= 0.6 is 27.3 Å². The lowest BCUT2D eigenvalue weighted by atomic mass is 10.1. The average Bonchev–Trinajstić information content (AvgIpc) is 2.87. The molecule has 2 atom stereocenters. The summed E-state index contributed by atoms with van der Waals surface area (Å²) in [5, 5.41) is 9.66. The molecule has 0 amide bonds. The number of rotatable bonds is 4. The molecule has 1 aromatic rings. The highest BCUT2D eigenvalue weighted by Crippen LogP contribution is 2.32. The first-order valence-corrected chi connectivity index (χ1v) is 7.85. The number of aliphatic hydroxyl groups excluding tert-OH is 1. The van der Waals surface area contributed by atoms with Gasteiger partial charge in [-0.3, -0.25) is 4.90 Å². The summed E-state index contributed by atoms with van der Waals surface area (Å²) in [5.41, 5.74) is 0.726. The van der Waals surface area contributed by atoms with E-state index >= 15 is 0 Å². The highest BCUT2D eigenvalue weighted by molar-refractivity contribution is 9.11. The number of aromatic nitrogens is 1. The van der Waals surface area contributed by atoms with Gasteiger partial charge in [-0.1, -0.05) is 0 Å². The van der Waals surface area contributed by atoms with Gasteiger partial charge in [0.05, 0.1) is 18.4 Å². The molecule has 0 aliphatic carbocycles. The molecule has 106 valence electrons. The van der Waals surface area contributed by atoms with Crippen LogP contribution in [-0.2, 0) is 9.53 Å². The normalized spacial score (nSPS) is 21.6. The van der Waals surface area contributed by atoms with Gasteiger partial charge in [-0.2, -0.15) is 0 Å². The molecule has 1 aliphatic rings. The standard InChI is InChI=1S/C12H17BrN2O3S/c1-3-18-11(17)10(15-5-4-8(16)6-15)9-7(2)19-12(13)14-9/h8,10,16H,3-6H2,1-2H3. The zero-order valence-corrected chi connectivity index (χ0v) is 13.3. The smallest absolute Gasteiger partial charge is 0.329 e. The van der Waals surface area contributed by atoms with Crippen molar-refractivity contribution in [2.24, 2.45) is 0 Å². The van der Waals surface area contributed by atoms with Crippen LogP contribution in [-0.4, -0.2) is 46.8 Å². The van der Waals surface area contributed by atoms with Gasteiger partial charge in [0, 0.05) is 18.0 Å². The average molecular weight is 349 g/mol. The molecular weight excluding hydrogens is 332 g/mol. The molecule has 1 aliphatic heterocycles. The molecule has 2 heterocycles. The van der Waals surface area contributed by atoms with Crippen LogP contribution in [0.3, 0.4) is 0 Å². The molecule has 1 N–H and O–H groups in total. The monoisotopic (exact) mass is 348 g/mol. The number of β-amino-alcohol motifs (C(OH)–C–C–N with tert-alkyl or cyclic N) is 1. The number of carbonyl (C=O) groups is 1. The molecule has 5 nitrogen and oxygen atoms in total. The first kappa shape index (κ1) is 14.9. The number of carbonyl (C=O) groups excluding carboxylic acids is 1. The van der Waals surface area contributed by atoms with Gasteiger partial charge in [-0.25, -0.2) is 9.78 Å². The summed E-state index contributed by atoms with van der Waals surface area (Å²) >= 11 is 4.85. The molecule has 0 bridgehead atoms. The van der Waals surface area contributed by atoms with Crippen LogP contribution in [0, 0.1) is 6.92 Å². The van der Waals surface area contributed by atoms with Gasteiger partial charge in [0.1, 0.15) is 0 Å². The van der Waals surface area contributed by atoms with Crippen molar-refractivity contribution < 1.29 is 14.6 Å². The van der Waals surface area contributed by atoms with Crippen molar-refractivity contribution in [3.63, 3.8) is 0 Å². The number of likely N-dealkylation sites (tertiary alicyclic amines) is 1. The van der Waals surface area contributed by atoms with Crippen LogP contribution < -0.4 is 0 Å². The number of esters is 1. The molecule has 1 fully saturated rings. The van der Waals surface area contributed by atoms with E-state index in [1.54, 1.807) is 6.92 Å². The molecule has 19 heavy (non-hydrogen) atoms. The third-order valence-electron chi connectivity index (χ3n) is 3.14. The Morgan fingerprint density at radius 1 is 1.74 bits per heavy atom. The minimum absolute atomic E-state index is 0.294. The van der Waals surface area contributed by atoms with Gasteiger partial charge in [-0.05, 0) is 36.2 Å². The van der Waals surface area contributed by atoms with E-state index in [4.69, 9.17) is 4.74 Å². The quantitative estimate of drug-likeness (QED) is 0.841. The first-order valence-electron chi connectivity index (χ1n) is 6.24. The number of hydrogen-bond donors (Lipinski definition) is 1. The third-order valence-corrected chi connectivity index (χ3v) is 4.57. The zero-order valence-electron chi connectivity index (χ0n) is 10.9. The number of thiazole rings is 1. The van der Waals surface area contributed by atoms with Gasteiger partial charge in [0.15, 0.2) is 9.96 Å². The zero-order chi connectivity index (χ0) is 14.0. The summed E-state index contributed by atoms with van der Waals surface area (Å²) in [7, 11) is 0. The minimum atomic E-state index is -0.514. The lowest BCUT2D eigenvalue weighted by Gasteiger charge is -2.24. The second-order valence-corrected chi connectivity index (χ2v) is 6.98. The third kappa shape index (κ3) is 3.34. The SMILES string of the molecule is CCOC(=O)C(c1nc(Br)sc1C)N1CCC(O)C1. The molecule has 2 rings (SSSR count). The van der Waals surface area contributed by atoms with Crippen LogP contribution in [0.4, 0.5) is 0 Å².